The number of nitrogens with zero attached hydrogens (tertiary/aromatic N) is 2. The van der Waals surface area contributed by atoms with Crippen LogP contribution in [0.4, 0.5) is 11.4 Å². The summed E-state index contributed by atoms with van der Waals surface area (Å²) in [5.74, 6) is -0.103. The number of morpholine rings is 1. The molecular weight excluding hydrogens is 366 g/mol. The van der Waals surface area contributed by atoms with Gasteiger partial charge in [-0.2, -0.15) is 0 Å². The number of hydrogen-bond acceptors (Lipinski definition) is 6. The fourth-order valence-corrected chi connectivity index (χ4v) is 4.09. The molecule has 1 aliphatic rings. The van der Waals surface area contributed by atoms with E-state index in [0.29, 0.717) is 37.6 Å². The van der Waals surface area contributed by atoms with Crippen molar-refractivity contribution in [3.63, 3.8) is 0 Å². The Kier molecular flexibility index (Phi) is 6.08. The lowest BCUT2D eigenvalue weighted by Crippen LogP contribution is -2.36. The maximum Gasteiger partial charge on any atom is 0.293 e. The lowest BCUT2D eigenvalue weighted by Gasteiger charge is -2.28. The summed E-state index contributed by atoms with van der Waals surface area (Å²) >= 11 is 1.58. The molecule has 27 heavy (non-hydrogen) atoms. The van der Waals surface area contributed by atoms with Crippen LogP contribution in [0.1, 0.15) is 35.1 Å². The number of rotatable bonds is 6. The number of ether oxygens (including phenoxy) is 1. The van der Waals surface area contributed by atoms with Crippen LogP contribution in [0, 0.1) is 16.0 Å². The highest BCUT2D eigenvalue weighted by Gasteiger charge is 2.25. The predicted molar refractivity (Wildman–Crippen MR) is 105 cm³/mol. The quantitative estimate of drug-likeness (QED) is 0.602. The van der Waals surface area contributed by atoms with Crippen molar-refractivity contribution in [2.75, 3.05) is 31.2 Å². The average molecular weight is 389 g/mol. The minimum Gasteiger partial charge on any atom is -0.378 e. The van der Waals surface area contributed by atoms with E-state index < -0.39 is 4.92 Å². The van der Waals surface area contributed by atoms with Crippen molar-refractivity contribution < 1.29 is 14.5 Å². The van der Waals surface area contributed by atoms with Gasteiger partial charge in [-0.1, -0.05) is 19.9 Å². The van der Waals surface area contributed by atoms with E-state index in [4.69, 9.17) is 4.74 Å². The van der Waals surface area contributed by atoms with Gasteiger partial charge in [0.15, 0.2) is 0 Å². The highest BCUT2D eigenvalue weighted by atomic mass is 32.1. The number of hydrogen-bond donors (Lipinski definition) is 1. The highest BCUT2D eigenvalue weighted by Crippen LogP contribution is 2.31. The number of nitro benzene ring substituents is 1. The summed E-state index contributed by atoms with van der Waals surface area (Å²) in [6.07, 6.45) is 0. The lowest BCUT2D eigenvalue weighted by atomic mass is 10.0. The van der Waals surface area contributed by atoms with E-state index in [1.807, 2.05) is 36.3 Å². The van der Waals surface area contributed by atoms with Gasteiger partial charge in [0.2, 0.25) is 0 Å². The SMILES string of the molecule is CC(C)[C@@H](NC(=O)c1ccc(N2CCOCC2)c([N+](=O)[O-])c1)c1cccs1. The number of carbonyl (C=O) groups is 1. The van der Waals surface area contributed by atoms with E-state index in [1.165, 1.54) is 6.07 Å². The third kappa shape index (κ3) is 4.45. The maximum atomic E-state index is 12.8. The van der Waals surface area contributed by atoms with Gasteiger partial charge >= 0.3 is 0 Å². The number of carbonyl (C=O) groups excluding carboxylic acids is 1. The Hall–Kier alpha value is -2.45. The second-order valence-electron chi connectivity index (χ2n) is 6.77. The van der Waals surface area contributed by atoms with Crippen molar-refractivity contribution in [3.8, 4) is 0 Å². The summed E-state index contributed by atoms with van der Waals surface area (Å²) in [6, 6.07) is 8.48. The molecule has 1 N–H and O–H groups in total. The van der Waals surface area contributed by atoms with Crippen molar-refractivity contribution in [3.05, 3.63) is 56.3 Å². The molecule has 1 atom stereocenters. The fourth-order valence-electron chi connectivity index (χ4n) is 3.14. The average Bonchev–Trinajstić information content (AvgIpc) is 3.20. The van der Waals surface area contributed by atoms with Crippen LogP contribution in [0.25, 0.3) is 0 Å². The second kappa shape index (κ2) is 8.49. The van der Waals surface area contributed by atoms with E-state index in [9.17, 15) is 14.9 Å². The van der Waals surface area contributed by atoms with Crippen LogP contribution in [0.5, 0.6) is 0 Å². The molecule has 1 fully saturated rings. The zero-order chi connectivity index (χ0) is 19.4. The Morgan fingerprint density at radius 3 is 2.63 bits per heavy atom. The minimum atomic E-state index is -0.430. The van der Waals surface area contributed by atoms with Crippen molar-refractivity contribution in [2.24, 2.45) is 5.92 Å². The standard InChI is InChI=1S/C19H23N3O4S/c1-13(2)18(17-4-3-11-27-17)20-19(23)14-5-6-15(16(12-14)22(24)25)21-7-9-26-10-8-21/h3-6,11-13,18H,7-10H2,1-2H3,(H,20,23)/t18-/m1/s1. The molecule has 0 aliphatic carbocycles. The zero-order valence-electron chi connectivity index (χ0n) is 15.4. The molecule has 2 heterocycles. The van der Waals surface area contributed by atoms with Gasteiger partial charge in [-0.3, -0.25) is 14.9 Å². The van der Waals surface area contributed by atoms with Crippen LogP contribution in [0.3, 0.4) is 0 Å². The summed E-state index contributed by atoms with van der Waals surface area (Å²) in [4.78, 5) is 26.9. The number of nitro groups is 1. The Balaban J connectivity index is 1.84. The molecule has 1 aromatic heterocycles. The zero-order valence-corrected chi connectivity index (χ0v) is 16.2. The second-order valence-corrected chi connectivity index (χ2v) is 7.75. The molecular formula is C19H23N3O4S. The van der Waals surface area contributed by atoms with E-state index in [-0.39, 0.29) is 23.6 Å². The van der Waals surface area contributed by atoms with Crippen molar-refractivity contribution in [2.45, 2.75) is 19.9 Å². The van der Waals surface area contributed by atoms with Crippen molar-refractivity contribution in [1.29, 1.82) is 0 Å². The predicted octanol–water partition coefficient (Wildman–Crippen LogP) is 3.62. The van der Waals surface area contributed by atoms with Gasteiger partial charge in [-0.25, -0.2) is 0 Å². The smallest absolute Gasteiger partial charge is 0.293 e. The minimum absolute atomic E-state index is 0.0539. The third-order valence-corrected chi connectivity index (χ3v) is 5.54. The summed E-state index contributed by atoms with van der Waals surface area (Å²) in [7, 11) is 0. The molecule has 3 rings (SSSR count). The van der Waals surface area contributed by atoms with E-state index in [2.05, 4.69) is 5.32 Å². The van der Waals surface area contributed by atoms with Crippen LogP contribution in [-0.2, 0) is 4.74 Å². The van der Waals surface area contributed by atoms with Gasteiger partial charge in [0.25, 0.3) is 11.6 Å². The Morgan fingerprint density at radius 1 is 1.30 bits per heavy atom. The molecule has 1 amide bonds. The van der Waals surface area contributed by atoms with Crippen LogP contribution in [-0.4, -0.2) is 37.1 Å². The Morgan fingerprint density at radius 2 is 2.04 bits per heavy atom. The number of amides is 1. The first-order chi connectivity index (χ1) is 13.0. The number of nitrogens with one attached hydrogen (secondary N) is 1. The first kappa shape index (κ1) is 19.3. The Labute approximate surface area is 162 Å². The van der Waals surface area contributed by atoms with Gasteiger partial charge in [-0.15, -0.1) is 11.3 Å². The monoisotopic (exact) mass is 389 g/mol. The fraction of sp³-hybridized carbons (Fsp3) is 0.421. The highest BCUT2D eigenvalue weighted by molar-refractivity contribution is 7.10. The van der Waals surface area contributed by atoms with Gasteiger partial charge in [0.05, 0.1) is 24.2 Å². The number of thiophene rings is 1. The van der Waals surface area contributed by atoms with Gasteiger partial charge < -0.3 is 15.0 Å². The van der Waals surface area contributed by atoms with Crippen LogP contribution < -0.4 is 10.2 Å². The van der Waals surface area contributed by atoms with Gasteiger partial charge in [0.1, 0.15) is 5.69 Å². The van der Waals surface area contributed by atoms with E-state index in [0.717, 1.165) is 4.88 Å². The molecule has 0 spiro atoms. The van der Waals surface area contributed by atoms with E-state index >= 15 is 0 Å². The van der Waals surface area contributed by atoms with Crippen LogP contribution >= 0.6 is 11.3 Å². The summed E-state index contributed by atoms with van der Waals surface area (Å²) in [5.41, 5.74) is 0.765. The van der Waals surface area contributed by atoms with Crippen molar-refractivity contribution in [1.82, 2.24) is 5.32 Å². The van der Waals surface area contributed by atoms with Crippen molar-refractivity contribution >= 4 is 28.6 Å². The molecule has 0 unspecified atom stereocenters. The van der Waals surface area contributed by atoms with Gasteiger partial charge in [-0.05, 0) is 29.5 Å². The first-order valence-electron chi connectivity index (χ1n) is 8.92. The Bertz CT molecular complexity index is 801. The summed E-state index contributed by atoms with van der Waals surface area (Å²) < 4.78 is 5.31. The first-order valence-corrected chi connectivity index (χ1v) is 9.80. The molecule has 1 aliphatic heterocycles. The maximum absolute atomic E-state index is 12.8. The molecule has 8 heteroatoms. The summed E-state index contributed by atoms with van der Waals surface area (Å²) in [5, 5.41) is 16.6. The largest absolute Gasteiger partial charge is 0.378 e. The normalized spacial score (nSPS) is 15.6. The molecule has 0 radical (unpaired) electrons. The molecule has 144 valence electrons. The summed E-state index contributed by atoms with van der Waals surface area (Å²) in [6.45, 7) is 6.34. The molecule has 0 saturated carbocycles. The number of benzene rings is 1. The van der Waals surface area contributed by atoms with E-state index in [1.54, 1.807) is 23.5 Å². The number of anilines is 1. The molecule has 2 aromatic rings. The molecule has 7 nitrogen and oxygen atoms in total. The molecule has 1 aromatic carbocycles. The van der Waals surface area contributed by atoms with Crippen LogP contribution in [0.2, 0.25) is 0 Å². The molecule has 0 bridgehead atoms. The molecule has 1 saturated heterocycles. The lowest BCUT2D eigenvalue weighted by molar-refractivity contribution is -0.384. The van der Waals surface area contributed by atoms with Gasteiger partial charge in [0, 0.05) is 29.6 Å². The van der Waals surface area contributed by atoms with Crippen LogP contribution in [0.15, 0.2) is 35.7 Å². The third-order valence-electron chi connectivity index (χ3n) is 4.59. The topological polar surface area (TPSA) is 84.7 Å².